The summed E-state index contributed by atoms with van der Waals surface area (Å²) in [6.07, 6.45) is 2.06. The van der Waals surface area contributed by atoms with E-state index in [1.807, 2.05) is 6.92 Å². The van der Waals surface area contributed by atoms with Crippen LogP contribution >= 0.6 is 11.8 Å². The van der Waals surface area contributed by atoms with Gasteiger partial charge in [0.1, 0.15) is 0 Å². The van der Waals surface area contributed by atoms with Crippen LogP contribution in [-0.2, 0) is 0 Å². The van der Waals surface area contributed by atoms with Crippen LogP contribution in [0.3, 0.4) is 0 Å². The molecule has 0 radical (unpaired) electrons. The van der Waals surface area contributed by atoms with E-state index in [-0.39, 0.29) is 6.04 Å². The van der Waals surface area contributed by atoms with E-state index in [1.54, 1.807) is 11.8 Å². The first-order chi connectivity index (χ1) is 6.63. The van der Waals surface area contributed by atoms with Gasteiger partial charge in [0.2, 0.25) is 5.89 Å². The second-order valence-corrected chi connectivity index (χ2v) is 4.44. The molecule has 5 nitrogen and oxygen atoms in total. The molecule has 0 spiro atoms. The lowest BCUT2D eigenvalue weighted by molar-refractivity contribution is 0.473. The molecular formula is C8H16N4OS. The molecule has 0 saturated carbocycles. The first-order valence-electron chi connectivity index (χ1n) is 4.49. The Morgan fingerprint density at radius 1 is 1.50 bits per heavy atom. The van der Waals surface area contributed by atoms with Crippen LogP contribution in [-0.4, -0.2) is 28.2 Å². The van der Waals surface area contributed by atoms with Crippen LogP contribution in [0.15, 0.2) is 4.42 Å². The zero-order valence-electron chi connectivity index (χ0n) is 8.65. The van der Waals surface area contributed by atoms with Crippen molar-refractivity contribution >= 4 is 17.8 Å². The molecule has 0 aromatic carbocycles. The summed E-state index contributed by atoms with van der Waals surface area (Å²) in [5.74, 6) is 0.462. The van der Waals surface area contributed by atoms with E-state index in [1.165, 1.54) is 0 Å². The van der Waals surface area contributed by atoms with E-state index in [9.17, 15) is 0 Å². The third-order valence-electron chi connectivity index (χ3n) is 1.77. The highest BCUT2D eigenvalue weighted by atomic mass is 32.2. The second kappa shape index (κ2) is 5.21. The lowest BCUT2D eigenvalue weighted by Crippen LogP contribution is -2.12. The average Bonchev–Trinajstić information content (AvgIpc) is 2.62. The van der Waals surface area contributed by atoms with Gasteiger partial charge in [-0.25, -0.2) is 0 Å². The van der Waals surface area contributed by atoms with Gasteiger partial charge < -0.3 is 15.5 Å². The van der Waals surface area contributed by atoms with Gasteiger partial charge in [-0.2, -0.15) is 11.8 Å². The molecule has 80 valence electrons. The fraction of sp³-hybridized carbons (Fsp3) is 0.750. The van der Waals surface area contributed by atoms with Crippen molar-refractivity contribution in [2.24, 2.45) is 5.73 Å². The van der Waals surface area contributed by atoms with Crippen molar-refractivity contribution in [1.29, 1.82) is 0 Å². The Morgan fingerprint density at radius 2 is 2.21 bits per heavy atom. The predicted molar refractivity (Wildman–Crippen MR) is 58.4 cm³/mol. The quantitative estimate of drug-likeness (QED) is 0.771. The van der Waals surface area contributed by atoms with E-state index in [0.717, 1.165) is 6.54 Å². The Kier molecular flexibility index (Phi) is 4.21. The predicted octanol–water partition coefficient (Wildman–Crippen LogP) is 1.25. The fourth-order valence-corrected chi connectivity index (χ4v) is 1.05. The van der Waals surface area contributed by atoms with E-state index in [4.69, 9.17) is 10.2 Å². The van der Waals surface area contributed by atoms with Crippen molar-refractivity contribution < 1.29 is 4.42 Å². The Balaban J connectivity index is 2.44. The van der Waals surface area contributed by atoms with Crippen LogP contribution in [0.2, 0.25) is 0 Å². The number of rotatable bonds is 5. The summed E-state index contributed by atoms with van der Waals surface area (Å²) < 4.78 is 5.27. The minimum atomic E-state index is -0.212. The molecule has 1 rings (SSSR count). The van der Waals surface area contributed by atoms with E-state index >= 15 is 0 Å². The topological polar surface area (TPSA) is 77.0 Å². The monoisotopic (exact) mass is 216 g/mol. The molecular weight excluding hydrogens is 200 g/mol. The standard InChI is InChI=1S/C8H16N4OS/c1-5(14-3)4-10-8-12-11-7(13-8)6(2)9/h5-6H,4,9H2,1-3H3,(H,10,12). The molecule has 14 heavy (non-hydrogen) atoms. The number of hydrogen-bond acceptors (Lipinski definition) is 6. The Hall–Kier alpha value is -0.750. The van der Waals surface area contributed by atoms with Crippen molar-refractivity contribution in [3.8, 4) is 0 Å². The summed E-state index contributed by atoms with van der Waals surface area (Å²) in [7, 11) is 0. The fourth-order valence-electron chi connectivity index (χ4n) is 0.804. The summed E-state index contributed by atoms with van der Waals surface area (Å²) in [4.78, 5) is 0. The maximum Gasteiger partial charge on any atom is 0.315 e. The van der Waals surface area contributed by atoms with E-state index in [2.05, 4.69) is 28.7 Å². The van der Waals surface area contributed by atoms with Crippen LogP contribution in [0.5, 0.6) is 0 Å². The van der Waals surface area contributed by atoms with Crippen LogP contribution in [0.4, 0.5) is 6.01 Å². The lowest BCUT2D eigenvalue weighted by atomic mass is 10.4. The van der Waals surface area contributed by atoms with Gasteiger partial charge in [-0.05, 0) is 13.2 Å². The van der Waals surface area contributed by atoms with Gasteiger partial charge >= 0.3 is 6.01 Å². The maximum absolute atomic E-state index is 5.58. The van der Waals surface area contributed by atoms with Gasteiger partial charge in [0, 0.05) is 11.8 Å². The van der Waals surface area contributed by atoms with Gasteiger partial charge in [0.15, 0.2) is 0 Å². The second-order valence-electron chi connectivity index (χ2n) is 3.16. The molecule has 2 atom stereocenters. The largest absolute Gasteiger partial charge is 0.406 e. The molecule has 1 aromatic heterocycles. The summed E-state index contributed by atoms with van der Waals surface area (Å²) in [6, 6.07) is 0.231. The summed E-state index contributed by atoms with van der Waals surface area (Å²) >= 11 is 1.78. The molecule has 0 saturated heterocycles. The molecule has 0 aliphatic rings. The van der Waals surface area contributed by atoms with Crippen LogP contribution in [0.1, 0.15) is 25.8 Å². The van der Waals surface area contributed by atoms with E-state index < -0.39 is 0 Å². The lowest BCUT2D eigenvalue weighted by Gasteiger charge is -2.06. The summed E-state index contributed by atoms with van der Waals surface area (Å²) in [6.45, 7) is 4.74. The van der Waals surface area contributed by atoms with Crippen molar-refractivity contribution in [3.05, 3.63) is 5.89 Å². The summed E-state index contributed by atoms with van der Waals surface area (Å²) in [5, 5.41) is 11.2. The number of nitrogens with one attached hydrogen (secondary N) is 1. The molecule has 3 N–H and O–H groups in total. The first kappa shape index (κ1) is 11.3. The number of anilines is 1. The van der Waals surface area contributed by atoms with Crippen LogP contribution in [0, 0.1) is 0 Å². The van der Waals surface area contributed by atoms with Gasteiger partial charge in [0.25, 0.3) is 0 Å². The minimum absolute atomic E-state index is 0.212. The SMILES string of the molecule is CSC(C)CNc1nnc(C(C)N)o1. The van der Waals surface area contributed by atoms with E-state index in [0.29, 0.717) is 17.2 Å². The van der Waals surface area contributed by atoms with Crippen molar-refractivity contribution in [2.75, 3.05) is 18.1 Å². The van der Waals surface area contributed by atoms with Gasteiger partial charge in [0.05, 0.1) is 6.04 Å². The number of nitrogens with two attached hydrogens (primary N) is 1. The third kappa shape index (κ3) is 3.19. The Morgan fingerprint density at radius 3 is 2.71 bits per heavy atom. The molecule has 0 aliphatic carbocycles. The average molecular weight is 216 g/mol. The minimum Gasteiger partial charge on any atom is -0.406 e. The molecule has 0 fully saturated rings. The van der Waals surface area contributed by atoms with Gasteiger partial charge in [-0.15, -0.1) is 5.10 Å². The number of aromatic nitrogens is 2. The van der Waals surface area contributed by atoms with Crippen molar-refractivity contribution in [1.82, 2.24) is 10.2 Å². The first-order valence-corrected chi connectivity index (χ1v) is 5.78. The number of hydrogen-bond donors (Lipinski definition) is 2. The normalized spacial score (nSPS) is 15.1. The molecule has 1 heterocycles. The molecule has 0 aliphatic heterocycles. The highest BCUT2D eigenvalue weighted by Crippen LogP contribution is 2.12. The maximum atomic E-state index is 5.58. The van der Waals surface area contributed by atoms with Crippen molar-refractivity contribution in [3.63, 3.8) is 0 Å². The molecule has 2 unspecified atom stereocenters. The van der Waals surface area contributed by atoms with Crippen LogP contribution in [0.25, 0.3) is 0 Å². The molecule has 1 aromatic rings. The summed E-state index contributed by atoms with van der Waals surface area (Å²) in [5.41, 5.74) is 5.58. The van der Waals surface area contributed by atoms with Gasteiger partial charge in [-0.1, -0.05) is 12.0 Å². The third-order valence-corrected chi connectivity index (χ3v) is 2.74. The molecule has 6 heteroatoms. The molecule has 0 bridgehead atoms. The van der Waals surface area contributed by atoms with Crippen LogP contribution < -0.4 is 11.1 Å². The highest BCUT2D eigenvalue weighted by Gasteiger charge is 2.09. The Bertz CT molecular complexity index is 276. The Labute approximate surface area is 87.8 Å². The van der Waals surface area contributed by atoms with Gasteiger partial charge in [-0.3, -0.25) is 0 Å². The number of thioether (sulfide) groups is 1. The van der Waals surface area contributed by atoms with Crippen molar-refractivity contribution in [2.45, 2.75) is 25.1 Å². The number of nitrogens with zero attached hydrogens (tertiary/aromatic N) is 2. The smallest absolute Gasteiger partial charge is 0.315 e. The zero-order chi connectivity index (χ0) is 10.6. The zero-order valence-corrected chi connectivity index (χ0v) is 9.47. The highest BCUT2D eigenvalue weighted by molar-refractivity contribution is 7.99. The molecule has 0 amide bonds.